The maximum absolute atomic E-state index is 5.41. The van der Waals surface area contributed by atoms with Gasteiger partial charge in [0, 0.05) is 13.0 Å². The second kappa shape index (κ2) is 6.22. The highest BCUT2D eigenvalue weighted by molar-refractivity contribution is 5.85. The zero-order chi connectivity index (χ0) is 11.4. The van der Waals surface area contributed by atoms with Crippen LogP contribution in [0.4, 0.5) is 0 Å². The number of nitrogens with two attached hydrogens (primary N) is 1. The summed E-state index contributed by atoms with van der Waals surface area (Å²) in [6.45, 7) is 0.494. The summed E-state index contributed by atoms with van der Waals surface area (Å²) < 4.78 is 10.3. The lowest BCUT2D eigenvalue weighted by Crippen LogP contribution is -2.02. The van der Waals surface area contributed by atoms with Crippen molar-refractivity contribution in [2.75, 3.05) is 13.7 Å². The number of para-hydroxylation sites is 1. The van der Waals surface area contributed by atoms with Crippen LogP contribution >= 0.6 is 12.4 Å². The Kier molecular flexibility index (Phi) is 4.93. The number of ether oxygens (including phenoxy) is 1. The number of methoxy groups -OCH3 is 1. The van der Waals surface area contributed by atoms with E-state index < -0.39 is 0 Å². The number of rotatable bonds is 4. The number of nitrogens with zero attached hydrogens (tertiary/aromatic N) is 2. The van der Waals surface area contributed by atoms with E-state index in [1.807, 2.05) is 24.3 Å². The van der Waals surface area contributed by atoms with E-state index >= 15 is 0 Å². The largest absolute Gasteiger partial charge is 0.496 e. The Bertz CT molecular complexity index is 473. The number of halogens is 1. The van der Waals surface area contributed by atoms with Crippen LogP contribution in [0.15, 0.2) is 28.8 Å². The van der Waals surface area contributed by atoms with Gasteiger partial charge in [-0.1, -0.05) is 17.3 Å². The van der Waals surface area contributed by atoms with Crippen molar-refractivity contribution in [1.29, 1.82) is 0 Å². The van der Waals surface area contributed by atoms with Crippen LogP contribution in [0.5, 0.6) is 5.75 Å². The third kappa shape index (κ3) is 2.95. The van der Waals surface area contributed by atoms with Crippen LogP contribution in [0.3, 0.4) is 0 Å². The van der Waals surface area contributed by atoms with Crippen LogP contribution < -0.4 is 10.5 Å². The molecule has 2 aromatic rings. The Hall–Kier alpha value is -1.59. The van der Waals surface area contributed by atoms with Crippen LogP contribution in [0.2, 0.25) is 0 Å². The topological polar surface area (TPSA) is 74.2 Å². The minimum atomic E-state index is 0. The molecule has 0 aliphatic heterocycles. The van der Waals surface area contributed by atoms with Gasteiger partial charge in [0.2, 0.25) is 11.7 Å². The summed E-state index contributed by atoms with van der Waals surface area (Å²) in [7, 11) is 1.61. The van der Waals surface area contributed by atoms with E-state index in [1.54, 1.807) is 7.11 Å². The fourth-order valence-electron chi connectivity index (χ4n) is 1.42. The quantitative estimate of drug-likeness (QED) is 0.900. The molecule has 2 N–H and O–H groups in total. The lowest BCUT2D eigenvalue weighted by atomic mass is 10.2. The zero-order valence-electron chi connectivity index (χ0n) is 9.42. The molecule has 0 radical (unpaired) electrons. The lowest BCUT2D eigenvalue weighted by molar-refractivity contribution is 0.379. The first-order chi connectivity index (χ1) is 7.85. The highest BCUT2D eigenvalue weighted by atomic mass is 35.5. The van der Waals surface area contributed by atoms with Gasteiger partial charge in [-0.2, -0.15) is 4.98 Å². The second-order valence-corrected chi connectivity index (χ2v) is 3.25. The maximum Gasteiger partial charge on any atom is 0.228 e. The Morgan fingerprint density at radius 3 is 2.82 bits per heavy atom. The average molecular weight is 256 g/mol. The van der Waals surface area contributed by atoms with Crippen LogP contribution in [-0.2, 0) is 6.42 Å². The fourth-order valence-corrected chi connectivity index (χ4v) is 1.42. The molecule has 0 unspecified atom stereocenters. The molecule has 0 aliphatic rings. The van der Waals surface area contributed by atoms with E-state index in [-0.39, 0.29) is 12.4 Å². The van der Waals surface area contributed by atoms with Gasteiger partial charge in [0.15, 0.2) is 0 Å². The second-order valence-electron chi connectivity index (χ2n) is 3.25. The van der Waals surface area contributed by atoms with Gasteiger partial charge in [-0.25, -0.2) is 0 Å². The van der Waals surface area contributed by atoms with Gasteiger partial charge < -0.3 is 15.0 Å². The molecule has 0 saturated carbocycles. The molecule has 17 heavy (non-hydrogen) atoms. The van der Waals surface area contributed by atoms with Gasteiger partial charge in [-0.05, 0) is 12.1 Å². The van der Waals surface area contributed by atoms with Crippen LogP contribution in [0.25, 0.3) is 11.4 Å². The first-order valence-electron chi connectivity index (χ1n) is 5.01. The van der Waals surface area contributed by atoms with Crippen LogP contribution in [0, 0.1) is 0 Å². The number of benzene rings is 1. The van der Waals surface area contributed by atoms with Gasteiger partial charge in [0.1, 0.15) is 5.75 Å². The molecule has 1 heterocycles. The van der Waals surface area contributed by atoms with Crippen molar-refractivity contribution in [3.05, 3.63) is 30.2 Å². The molecule has 92 valence electrons. The summed E-state index contributed by atoms with van der Waals surface area (Å²) in [5, 5.41) is 3.89. The van der Waals surface area contributed by atoms with Crippen molar-refractivity contribution < 1.29 is 9.26 Å². The summed E-state index contributed by atoms with van der Waals surface area (Å²) in [5.74, 6) is 1.80. The molecular formula is C11H14ClN3O2. The highest BCUT2D eigenvalue weighted by Crippen LogP contribution is 2.26. The molecule has 6 heteroatoms. The van der Waals surface area contributed by atoms with Crippen molar-refractivity contribution in [3.63, 3.8) is 0 Å². The van der Waals surface area contributed by atoms with Crippen LogP contribution in [-0.4, -0.2) is 23.8 Å². The van der Waals surface area contributed by atoms with Crippen molar-refractivity contribution >= 4 is 12.4 Å². The third-order valence-electron chi connectivity index (χ3n) is 2.17. The minimum absolute atomic E-state index is 0. The summed E-state index contributed by atoms with van der Waals surface area (Å²) in [5.41, 5.74) is 6.23. The van der Waals surface area contributed by atoms with Crippen molar-refractivity contribution in [2.24, 2.45) is 5.73 Å². The lowest BCUT2D eigenvalue weighted by Gasteiger charge is -2.02. The molecule has 0 bridgehead atoms. The average Bonchev–Trinajstić information content (AvgIpc) is 2.78. The van der Waals surface area contributed by atoms with Gasteiger partial charge in [0.05, 0.1) is 12.7 Å². The monoisotopic (exact) mass is 255 g/mol. The molecule has 5 nitrogen and oxygen atoms in total. The summed E-state index contributed by atoms with van der Waals surface area (Å²) in [4.78, 5) is 4.24. The molecule has 0 fully saturated rings. The van der Waals surface area contributed by atoms with Gasteiger partial charge >= 0.3 is 0 Å². The molecule has 0 aliphatic carbocycles. The van der Waals surface area contributed by atoms with E-state index in [1.165, 1.54) is 0 Å². The van der Waals surface area contributed by atoms with Gasteiger partial charge in [-0.3, -0.25) is 0 Å². The Morgan fingerprint density at radius 2 is 2.12 bits per heavy atom. The number of hydrogen-bond acceptors (Lipinski definition) is 5. The van der Waals surface area contributed by atoms with E-state index in [9.17, 15) is 0 Å². The molecule has 0 amide bonds. The molecule has 1 aromatic heterocycles. The summed E-state index contributed by atoms with van der Waals surface area (Å²) >= 11 is 0. The highest BCUT2D eigenvalue weighted by Gasteiger charge is 2.11. The van der Waals surface area contributed by atoms with E-state index in [4.69, 9.17) is 15.0 Å². The predicted molar refractivity (Wildman–Crippen MR) is 66.3 cm³/mol. The number of aromatic nitrogens is 2. The predicted octanol–water partition coefficient (Wildman–Crippen LogP) is 1.67. The standard InChI is InChI=1S/C11H13N3O2.ClH/c1-15-9-5-3-2-4-8(9)11-13-10(6-7-12)16-14-11;/h2-5H,6-7,12H2,1H3;1H. The zero-order valence-corrected chi connectivity index (χ0v) is 10.2. The maximum atomic E-state index is 5.41. The molecule has 0 atom stereocenters. The minimum Gasteiger partial charge on any atom is -0.496 e. The Morgan fingerprint density at radius 1 is 1.35 bits per heavy atom. The van der Waals surface area contributed by atoms with E-state index in [0.29, 0.717) is 24.7 Å². The summed E-state index contributed by atoms with van der Waals surface area (Å²) in [6.07, 6.45) is 0.585. The smallest absolute Gasteiger partial charge is 0.228 e. The Balaban J connectivity index is 0.00000144. The fraction of sp³-hybridized carbons (Fsp3) is 0.273. The molecule has 0 saturated heterocycles. The van der Waals surface area contributed by atoms with Gasteiger partial charge in [-0.15, -0.1) is 12.4 Å². The van der Waals surface area contributed by atoms with E-state index in [0.717, 1.165) is 11.3 Å². The first kappa shape index (κ1) is 13.5. The first-order valence-corrected chi connectivity index (χ1v) is 5.01. The van der Waals surface area contributed by atoms with Crippen molar-refractivity contribution in [1.82, 2.24) is 10.1 Å². The number of hydrogen-bond donors (Lipinski definition) is 1. The third-order valence-corrected chi connectivity index (χ3v) is 2.17. The van der Waals surface area contributed by atoms with Crippen molar-refractivity contribution in [2.45, 2.75) is 6.42 Å². The molecular weight excluding hydrogens is 242 g/mol. The normalized spacial score (nSPS) is 9.76. The van der Waals surface area contributed by atoms with E-state index in [2.05, 4.69) is 10.1 Å². The molecule has 1 aromatic carbocycles. The SMILES string of the molecule is COc1ccccc1-c1noc(CCN)n1.Cl. The molecule has 0 spiro atoms. The molecule has 2 rings (SSSR count). The van der Waals surface area contributed by atoms with Crippen LogP contribution in [0.1, 0.15) is 5.89 Å². The van der Waals surface area contributed by atoms with Crippen molar-refractivity contribution in [3.8, 4) is 17.1 Å². The van der Waals surface area contributed by atoms with Gasteiger partial charge in [0.25, 0.3) is 0 Å². The summed E-state index contributed by atoms with van der Waals surface area (Å²) in [6, 6.07) is 7.53. The Labute approximate surface area is 105 Å².